The van der Waals surface area contributed by atoms with E-state index in [2.05, 4.69) is 11.8 Å². The number of rotatable bonds is 0. The molecular weight excluding hydrogens is 72.0 g/mol. The van der Waals surface area contributed by atoms with Gasteiger partial charge in [-0.3, -0.25) is 0 Å². The van der Waals surface area contributed by atoms with Crippen LogP contribution in [0.1, 0.15) is 0 Å². The summed E-state index contributed by atoms with van der Waals surface area (Å²) >= 11 is 0. The Labute approximate surface area is 29.2 Å². The molecule has 29 valence electrons. The van der Waals surface area contributed by atoms with Crippen molar-refractivity contribution in [2.45, 2.75) is 0 Å². The van der Waals surface area contributed by atoms with Crippen LogP contribution in [0.2, 0.25) is 0 Å². The third-order valence-electron chi connectivity index (χ3n) is 0.123. The fourth-order valence-electron chi connectivity index (χ4n) is 0. The Balaban J connectivity index is 2.85. The van der Waals surface area contributed by atoms with E-state index < -0.39 is 6.16 Å². The van der Waals surface area contributed by atoms with E-state index in [1.165, 1.54) is 0 Å². The van der Waals surface area contributed by atoms with Crippen LogP contribution in [-0.4, -0.2) is 11.3 Å². The summed E-state index contributed by atoms with van der Waals surface area (Å²) in [5.74, 6) is 0. The molecule has 0 spiro atoms. The molecule has 1 radical (unpaired) electrons. The van der Waals surface area contributed by atoms with Gasteiger partial charge in [0.05, 0.1) is 0 Å². The smallest absolute Gasteiger partial charge is 0.450 e. The molecule has 0 saturated carbocycles. The van der Waals surface area contributed by atoms with Gasteiger partial charge in [0.1, 0.15) is 7.11 Å². The lowest BCUT2D eigenvalue weighted by molar-refractivity contribution is 0.126. The highest BCUT2D eigenvalue weighted by Gasteiger charge is 1.81. The van der Waals surface area contributed by atoms with E-state index in [0.29, 0.717) is 0 Å². The van der Waals surface area contributed by atoms with Crippen LogP contribution in [0.4, 0.5) is 4.79 Å². The molecule has 0 aliphatic carbocycles. The first-order chi connectivity index (χ1) is 2.27. The Morgan fingerprint density at radius 1 is 2.00 bits per heavy atom. The van der Waals surface area contributed by atoms with Crippen LogP contribution in [0.25, 0.3) is 0 Å². The molecule has 0 rings (SSSR count). The van der Waals surface area contributed by atoms with Gasteiger partial charge in [0.2, 0.25) is 0 Å². The molecular formula is C2H3O3. The molecule has 0 aliphatic rings. The number of ether oxygens (including phenoxy) is 1. The molecule has 3 nitrogen and oxygen atoms in total. The molecule has 0 bridgehead atoms. The SMILES string of the molecule is [CH2]OC(=O)O. The third-order valence-corrected chi connectivity index (χ3v) is 0.123. The Kier molecular flexibility index (Phi) is 1.35. The molecule has 0 aliphatic heterocycles. The van der Waals surface area contributed by atoms with Gasteiger partial charge in [-0.2, -0.15) is 0 Å². The molecule has 0 aromatic rings. The Bertz CT molecular complexity index is 40.2. The molecule has 3 heteroatoms. The molecule has 0 saturated heterocycles. The fourth-order valence-corrected chi connectivity index (χ4v) is 0. The predicted octanol–water partition coefficient (Wildman–Crippen LogP) is 0.473. The van der Waals surface area contributed by atoms with Gasteiger partial charge in [0.15, 0.2) is 0 Å². The van der Waals surface area contributed by atoms with Gasteiger partial charge in [0, 0.05) is 0 Å². The van der Waals surface area contributed by atoms with E-state index in [-0.39, 0.29) is 0 Å². The second kappa shape index (κ2) is 1.58. The standard InChI is InChI=1S/C2H3O3/c1-5-2(3)4/h1H2,(H,3,4). The van der Waals surface area contributed by atoms with Crippen molar-refractivity contribution >= 4 is 6.16 Å². The van der Waals surface area contributed by atoms with E-state index in [4.69, 9.17) is 9.90 Å². The third kappa shape index (κ3) is 3.27. The fraction of sp³-hybridized carbons (Fsp3) is 0. The summed E-state index contributed by atoms with van der Waals surface area (Å²) in [6.45, 7) is 0. The Hall–Kier alpha value is -0.730. The maximum absolute atomic E-state index is 9.08. The van der Waals surface area contributed by atoms with Crippen molar-refractivity contribution in [1.82, 2.24) is 0 Å². The predicted molar refractivity (Wildman–Crippen MR) is 14.5 cm³/mol. The highest BCUT2D eigenvalue weighted by atomic mass is 16.6. The lowest BCUT2D eigenvalue weighted by atomic mass is 11.4. The van der Waals surface area contributed by atoms with Crippen LogP contribution in [-0.2, 0) is 4.74 Å². The minimum absolute atomic E-state index is 1.36. The quantitative estimate of drug-likeness (QED) is 0.426. The molecule has 0 fully saturated rings. The second-order valence-electron chi connectivity index (χ2n) is 0.410. The zero-order chi connectivity index (χ0) is 4.28. The van der Waals surface area contributed by atoms with E-state index in [1.807, 2.05) is 0 Å². The van der Waals surface area contributed by atoms with Crippen LogP contribution >= 0.6 is 0 Å². The van der Waals surface area contributed by atoms with E-state index in [1.54, 1.807) is 0 Å². The van der Waals surface area contributed by atoms with Crippen molar-refractivity contribution < 1.29 is 14.6 Å². The van der Waals surface area contributed by atoms with Crippen LogP contribution in [0.15, 0.2) is 0 Å². The zero-order valence-electron chi connectivity index (χ0n) is 2.47. The normalized spacial score (nSPS) is 6.60. The van der Waals surface area contributed by atoms with Crippen LogP contribution < -0.4 is 0 Å². The zero-order valence-corrected chi connectivity index (χ0v) is 2.47. The van der Waals surface area contributed by atoms with E-state index >= 15 is 0 Å². The molecule has 5 heavy (non-hydrogen) atoms. The van der Waals surface area contributed by atoms with Crippen molar-refractivity contribution in [3.8, 4) is 0 Å². The van der Waals surface area contributed by atoms with Crippen LogP contribution in [0.5, 0.6) is 0 Å². The van der Waals surface area contributed by atoms with Crippen molar-refractivity contribution in [2.75, 3.05) is 0 Å². The highest BCUT2D eigenvalue weighted by molar-refractivity contribution is 5.56. The maximum atomic E-state index is 9.08. The summed E-state index contributed by atoms with van der Waals surface area (Å²) in [6.07, 6.45) is -1.36. The van der Waals surface area contributed by atoms with Crippen molar-refractivity contribution in [3.63, 3.8) is 0 Å². The first-order valence-corrected chi connectivity index (χ1v) is 0.921. The number of carboxylic acid groups (broad SMARTS) is 1. The van der Waals surface area contributed by atoms with Crippen molar-refractivity contribution in [1.29, 1.82) is 0 Å². The topological polar surface area (TPSA) is 46.5 Å². The van der Waals surface area contributed by atoms with Gasteiger partial charge in [-0.25, -0.2) is 4.79 Å². The summed E-state index contributed by atoms with van der Waals surface area (Å²) < 4.78 is 3.42. The van der Waals surface area contributed by atoms with Gasteiger partial charge in [0.25, 0.3) is 0 Å². The average molecular weight is 75.0 g/mol. The van der Waals surface area contributed by atoms with Crippen LogP contribution in [0, 0.1) is 7.11 Å². The molecule has 0 aromatic carbocycles. The minimum atomic E-state index is -1.36. The van der Waals surface area contributed by atoms with Gasteiger partial charge < -0.3 is 9.84 Å². The molecule has 1 N–H and O–H groups in total. The summed E-state index contributed by atoms with van der Waals surface area (Å²) in [5.41, 5.74) is 0. The first-order valence-electron chi connectivity index (χ1n) is 0.921. The number of hydrogen-bond acceptors (Lipinski definition) is 2. The monoisotopic (exact) mass is 75.0 g/mol. The van der Waals surface area contributed by atoms with Crippen LogP contribution in [0.3, 0.4) is 0 Å². The molecule has 0 unspecified atom stereocenters. The molecule has 0 heterocycles. The average Bonchev–Trinajstić information content (AvgIpc) is 1.38. The highest BCUT2D eigenvalue weighted by Crippen LogP contribution is 1.63. The Morgan fingerprint density at radius 3 is 2.20 bits per heavy atom. The molecule has 0 aromatic heterocycles. The number of hydrogen-bond donors (Lipinski definition) is 1. The minimum Gasteiger partial charge on any atom is -0.450 e. The number of carbonyl (C=O) groups is 1. The van der Waals surface area contributed by atoms with E-state index in [9.17, 15) is 0 Å². The van der Waals surface area contributed by atoms with Crippen molar-refractivity contribution in [3.05, 3.63) is 7.11 Å². The summed E-state index contributed by atoms with van der Waals surface area (Å²) in [7, 11) is 2.59. The van der Waals surface area contributed by atoms with Gasteiger partial charge >= 0.3 is 6.16 Å². The van der Waals surface area contributed by atoms with Crippen molar-refractivity contribution in [2.24, 2.45) is 0 Å². The maximum Gasteiger partial charge on any atom is 0.505 e. The lowest BCUT2D eigenvalue weighted by Crippen LogP contribution is -1.88. The van der Waals surface area contributed by atoms with Gasteiger partial charge in [-0.1, -0.05) is 0 Å². The second-order valence-corrected chi connectivity index (χ2v) is 0.410. The lowest BCUT2D eigenvalue weighted by Gasteiger charge is -1.78. The summed E-state index contributed by atoms with van der Waals surface area (Å²) in [4.78, 5) is 9.08. The van der Waals surface area contributed by atoms with Gasteiger partial charge in [-0.05, 0) is 0 Å². The largest absolute Gasteiger partial charge is 0.505 e. The van der Waals surface area contributed by atoms with Gasteiger partial charge in [-0.15, -0.1) is 0 Å². The van der Waals surface area contributed by atoms with E-state index in [0.717, 1.165) is 0 Å². The molecule has 0 atom stereocenters. The summed E-state index contributed by atoms with van der Waals surface area (Å²) in [6, 6.07) is 0. The Morgan fingerprint density at radius 2 is 2.20 bits per heavy atom. The summed E-state index contributed by atoms with van der Waals surface area (Å²) in [5, 5.41) is 7.44. The first kappa shape index (κ1) is 4.27. The molecule has 0 amide bonds.